The highest BCUT2D eigenvalue weighted by Gasteiger charge is 2.27. The van der Waals surface area contributed by atoms with Gasteiger partial charge in [0.1, 0.15) is 5.75 Å². The number of esters is 1. The SMILES string of the molecule is COC(C)C(C)CC(C(=O)Oc1cccnc1)c1ccc(Br)cc1. The second kappa shape index (κ2) is 8.94. The first kappa shape index (κ1) is 18.6. The number of ether oxygens (including phenoxy) is 2. The van der Waals surface area contributed by atoms with E-state index in [4.69, 9.17) is 9.47 Å². The maximum absolute atomic E-state index is 12.7. The fourth-order valence-electron chi connectivity index (χ4n) is 2.45. The minimum atomic E-state index is -0.356. The molecule has 0 saturated heterocycles. The summed E-state index contributed by atoms with van der Waals surface area (Å²) in [4.78, 5) is 16.7. The highest BCUT2D eigenvalue weighted by Crippen LogP contribution is 2.29. The van der Waals surface area contributed by atoms with Gasteiger partial charge in [-0.05, 0) is 49.1 Å². The van der Waals surface area contributed by atoms with Crippen LogP contribution in [0.2, 0.25) is 0 Å². The molecule has 2 aromatic rings. The number of carbonyl (C=O) groups is 1. The van der Waals surface area contributed by atoms with Crippen LogP contribution in [0.4, 0.5) is 0 Å². The van der Waals surface area contributed by atoms with E-state index in [2.05, 4.69) is 27.8 Å². The zero-order valence-electron chi connectivity index (χ0n) is 14.1. The van der Waals surface area contributed by atoms with Crippen LogP contribution in [0.1, 0.15) is 31.7 Å². The average molecular weight is 392 g/mol. The van der Waals surface area contributed by atoms with Crippen molar-refractivity contribution in [3.63, 3.8) is 0 Å². The molecular weight excluding hydrogens is 370 g/mol. The van der Waals surface area contributed by atoms with Gasteiger partial charge in [-0.1, -0.05) is 35.0 Å². The molecule has 0 radical (unpaired) electrons. The van der Waals surface area contributed by atoms with Crippen LogP contribution in [-0.2, 0) is 9.53 Å². The van der Waals surface area contributed by atoms with Gasteiger partial charge in [0.05, 0.1) is 18.2 Å². The molecule has 0 saturated carbocycles. The number of hydrogen-bond acceptors (Lipinski definition) is 4. The van der Waals surface area contributed by atoms with Gasteiger partial charge in [-0.2, -0.15) is 0 Å². The third-order valence-electron chi connectivity index (χ3n) is 4.19. The van der Waals surface area contributed by atoms with Gasteiger partial charge in [-0.3, -0.25) is 9.78 Å². The molecule has 1 heterocycles. The number of methoxy groups -OCH3 is 1. The molecule has 5 heteroatoms. The van der Waals surface area contributed by atoms with Gasteiger partial charge < -0.3 is 9.47 Å². The van der Waals surface area contributed by atoms with E-state index in [1.165, 1.54) is 6.20 Å². The van der Waals surface area contributed by atoms with E-state index in [1.807, 2.05) is 31.2 Å². The summed E-state index contributed by atoms with van der Waals surface area (Å²) in [6.45, 7) is 4.09. The zero-order chi connectivity index (χ0) is 17.5. The van der Waals surface area contributed by atoms with E-state index < -0.39 is 0 Å². The number of rotatable bonds is 7. The standard InChI is InChI=1S/C19H22BrNO3/c1-13(14(2)23-3)11-18(15-6-8-16(20)9-7-15)19(22)24-17-5-4-10-21-12-17/h4-10,12-14,18H,11H2,1-3H3. The number of pyridine rings is 1. The Balaban J connectivity index is 2.21. The molecule has 0 spiro atoms. The first-order valence-corrected chi connectivity index (χ1v) is 8.70. The van der Waals surface area contributed by atoms with Crippen LogP contribution in [0.3, 0.4) is 0 Å². The number of carbonyl (C=O) groups excluding carboxylic acids is 1. The normalized spacial score (nSPS) is 14.7. The molecule has 0 bridgehead atoms. The molecule has 2 rings (SSSR count). The Hall–Kier alpha value is -1.72. The Labute approximate surface area is 151 Å². The summed E-state index contributed by atoms with van der Waals surface area (Å²) in [5.41, 5.74) is 0.933. The third kappa shape index (κ3) is 5.14. The molecule has 1 aromatic carbocycles. The van der Waals surface area contributed by atoms with Crippen molar-refractivity contribution in [1.29, 1.82) is 0 Å². The first-order chi connectivity index (χ1) is 11.5. The van der Waals surface area contributed by atoms with Gasteiger partial charge in [-0.25, -0.2) is 0 Å². The minimum Gasteiger partial charge on any atom is -0.424 e. The zero-order valence-corrected chi connectivity index (χ0v) is 15.7. The number of hydrogen-bond donors (Lipinski definition) is 0. The molecule has 0 N–H and O–H groups in total. The second-order valence-corrected chi connectivity index (χ2v) is 6.78. The van der Waals surface area contributed by atoms with E-state index >= 15 is 0 Å². The molecular formula is C19H22BrNO3. The summed E-state index contributed by atoms with van der Waals surface area (Å²) in [6, 6.07) is 11.2. The molecule has 3 atom stereocenters. The smallest absolute Gasteiger partial charge is 0.318 e. The third-order valence-corrected chi connectivity index (χ3v) is 4.72. The predicted molar refractivity (Wildman–Crippen MR) is 97.0 cm³/mol. The number of benzene rings is 1. The minimum absolute atomic E-state index is 0.0640. The fourth-order valence-corrected chi connectivity index (χ4v) is 2.72. The van der Waals surface area contributed by atoms with Gasteiger partial charge in [0.2, 0.25) is 0 Å². The Morgan fingerprint density at radius 3 is 2.50 bits per heavy atom. The van der Waals surface area contributed by atoms with E-state index in [9.17, 15) is 4.79 Å². The second-order valence-electron chi connectivity index (χ2n) is 5.87. The number of aromatic nitrogens is 1. The lowest BCUT2D eigenvalue weighted by atomic mass is 9.87. The highest BCUT2D eigenvalue weighted by molar-refractivity contribution is 9.10. The van der Waals surface area contributed by atoms with Crippen molar-refractivity contribution in [2.24, 2.45) is 5.92 Å². The fraction of sp³-hybridized carbons (Fsp3) is 0.368. The maximum Gasteiger partial charge on any atom is 0.318 e. The summed E-state index contributed by atoms with van der Waals surface area (Å²) >= 11 is 3.43. The molecule has 3 unspecified atom stereocenters. The van der Waals surface area contributed by atoms with Crippen molar-refractivity contribution in [3.8, 4) is 5.75 Å². The summed E-state index contributed by atoms with van der Waals surface area (Å²) in [7, 11) is 1.68. The Morgan fingerprint density at radius 1 is 1.21 bits per heavy atom. The van der Waals surface area contributed by atoms with E-state index in [-0.39, 0.29) is 23.9 Å². The highest BCUT2D eigenvalue weighted by atomic mass is 79.9. The quantitative estimate of drug-likeness (QED) is 0.647. The topological polar surface area (TPSA) is 48.4 Å². The summed E-state index contributed by atoms with van der Waals surface area (Å²) < 4.78 is 11.9. The molecule has 0 aliphatic heterocycles. The van der Waals surface area contributed by atoms with E-state index in [1.54, 1.807) is 25.4 Å². The van der Waals surface area contributed by atoms with E-state index in [0.717, 1.165) is 10.0 Å². The van der Waals surface area contributed by atoms with Crippen LogP contribution in [-0.4, -0.2) is 24.2 Å². The first-order valence-electron chi connectivity index (χ1n) is 7.91. The van der Waals surface area contributed by atoms with Gasteiger partial charge in [0.15, 0.2) is 0 Å². The Bertz CT molecular complexity index is 645. The monoisotopic (exact) mass is 391 g/mol. The lowest BCUT2D eigenvalue weighted by Gasteiger charge is -2.24. The lowest BCUT2D eigenvalue weighted by Crippen LogP contribution is -2.25. The van der Waals surface area contributed by atoms with Crippen LogP contribution in [0.25, 0.3) is 0 Å². The summed E-state index contributed by atoms with van der Waals surface area (Å²) in [5.74, 6) is 0.0357. The maximum atomic E-state index is 12.7. The van der Waals surface area contributed by atoms with Crippen LogP contribution in [0.5, 0.6) is 5.75 Å². The average Bonchev–Trinajstić information content (AvgIpc) is 2.60. The molecule has 128 valence electrons. The predicted octanol–water partition coefficient (Wildman–Crippen LogP) is 4.59. The molecule has 4 nitrogen and oxygen atoms in total. The van der Waals surface area contributed by atoms with Gasteiger partial charge in [0, 0.05) is 17.8 Å². The van der Waals surface area contributed by atoms with E-state index in [0.29, 0.717) is 12.2 Å². The van der Waals surface area contributed by atoms with Crippen LogP contribution < -0.4 is 4.74 Å². The van der Waals surface area contributed by atoms with Crippen LogP contribution >= 0.6 is 15.9 Å². The van der Waals surface area contributed by atoms with Crippen molar-refractivity contribution in [1.82, 2.24) is 4.98 Å². The van der Waals surface area contributed by atoms with Gasteiger partial charge in [0.25, 0.3) is 0 Å². The molecule has 0 fully saturated rings. The summed E-state index contributed by atoms with van der Waals surface area (Å²) in [6.07, 6.45) is 3.90. The molecule has 0 amide bonds. The molecule has 24 heavy (non-hydrogen) atoms. The lowest BCUT2D eigenvalue weighted by molar-refractivity contribution is -0.136. The number of nitrogens with zero attached hydrogens (tertiary/aromatic N) is 1. The Kier molecular flexibility index (Phi) is 6.94. The van der Waals surface area contributed by atoms with Crippen LogP contribution in [0.15, 0.2) is 53.3 Å². The molecule has 1 aromatic heterocycles. The van der Waals surface area contributed by atoms with Crippen molar-refractivity contribution < 1.29 is 14.3 Å². The van der Waals surface area contributed by atoms with Crippen molar-refractivity contribution in [2.75, 3.05) is 7.11 Å². The number of halogens is 1. The van der Waals surface area contributed by atoms with Gasteiger partial charge >= 0.3 is 5.97 Å². The summed E-state index contributed by atoms with van der Waals surface area (Å²) in [5, 5.41) is 0. The Morgan fingerprint density at radius 2 is 1.92 bits per heavy atom. The largest absolute Gasteiger partial charge is 0.424 e. The van der Waals surface area contributed by atoms with Gasteiger partial charge in [-0.15, -0.1) is 0 Å². The molecule has 0 aliphatic carbocycles. The van der Waals surface area contributed by atoms with Crippen LogP contribution in [0, 0.1) is 5.92 Å². The van der Waals surface area contributed by atoms with Crippen molar-refractivity contribution in [2.45, 2.75) is 32.3 Å². The van der Waals surface area contributed by atoms with Crippen molar-refractivity contribution >= 4 is 21.9 Å². The van der Waals surface area contributed by atoms with Crippen molar-refractivity contribution in [3.05, 3.63) is 58.8 Å². The molecule has 0 aliphatic rings.